The van der Waals surface area contributed by atoms with Gasteiger partial charge in [-0.1, -0.05) is 18.2 Å². The third kappa shape index (κ3) is 2.87. The average molecular weight is 328 g/mol. The van der Waals surface area contributed by atoms with Crippen molar-refractivity contribution in [3.05, 3.63) is 29.8 Å². The molecule has 2 saturated heterocycles. The SMILES string of the molecule is O=C(C1CCc2ccccc2O1)N1CCC(N2CCCC2=O)CC1. The summed E-state index contributed by atoms with van der Waals surface area (Å²) < 4.78 is 5.93. The molecule has 4 rings (SSSR count). The summed E-state index contributed by atoms with van der Waals surface area (Å²) in [6, 6.07) is 8.28. The Morgan fingerprint density at radius 1 is 1.04 bits per heavy atom. The number of rotatable bonds is 2. The number of ether oxygens (including phenoxy) is 1. The van der Waals surface area contributed by atoms with E-state index < -0.39 is 0 Å². The maximum absolute atomic E-state index is 12.8. The van der Waals surface area contributed by atoms with E-state index in [2.05, 4.69) is 6.07 Å². The van der Waals surface area contributed by atoms with Crippen LogP contribution in [-0.2, 0) is 16.0 Å². The molecule has 5 heteroatoms. The Labute approximate surface area is 142 Å². The lowest BCUT2D eigenvalue weighted by atomic mass is 9.99. The highest BCUT2D eigenvalue weighted by atomic mass is 16.5. The molecule has 3 aliphatic rings. The van der Waals surface area contributed by atoms with Crippen molar-refractivity contribution in [1.29, 1.82) is 0 Å². The topological polar surface area (TPSA) is 49.9 Å². The van der Waals surface area contributed by atoms with E-state index in [1.807, 2.05) is 28.0 Å². The number of para-hydroxylation sites is 1. The molecule has 0 N–H and O–H groups in total. The van der Waals surface area contributed by atoms with Crippen LogP contribution in [0.1, 0.15) is 37.7 Å². The second-order valence-electron chi connectivity index (χ2n) is 7.00. The van der Waals surface area contributed by atoms with Gasteiger partial charge in [0.25, 0.3) is 5.91 Å². The Morgan fingerprint density at radius 3 is 2.58 bits per heavy atom. The number of likely N-dealkylation sites (tertiary alicyclic amines) is 2. The molecule has 5 nitrogen and oxygen atoms in total. The molecule has 2 amide bonds. The molecule has 24 heavy (non-hydrogen) atoms. The first-order chi connectivity index (χ1) is 11.7. The molecule has 0 spiro atoms. The van der Waals surface area contributed by atoms with Crippen molar-refractivity contribution in [2.75, 3.05) is 19.6 Å². The fourth-order valence-electron chi connectivity index (χ4n) is 4.15. The standard InChI is InChI=1S/C19H24N2O3/c22-18-6-3-11-21(18)15-9-12-20(13-10-15)19(23)17-8-7-14-4-1-2-5-16(14)24-17/h1-2,4-5,15,17H,3,6-13H2. The first-order valence-corrected chi connectivity index (χ1v) is 9.05. The van der Waals surface area contributed by atoms with E-state index in [1.54, 1.807) is 0 Å². The molecule has 1 atom stereocenters. The molecular formula is C19H24N2O3. The number of benzene rings is 1. The molecular weight excluding hydrogens is 304 g/mol. The van der Waals surface area contributed by atoms with Crippen molar-refractivity contribution >= 4 is 11.8 Å². The van der Waals surface area contributed by atoms with Crippen LogP contribution in [0.2, 0.25) is 0 Å². The summed E-state index contributed by atoms with van der Waals surface area (Å²) in [6.07, 6.45) is 4.74. The molecule has 0 aromatic heterocycles. The van der Waals surface area contributed by atoms with Crippen LogP contribution >= 0.6 is 0 Å². The zero-order valence-electron chi connectivity index (χ0n) is 13.9. The van der Waals surface area contributed by atoms with Crippen molar-refractivity contribution < 1.29 is 14.3 Å². The van der Waals surface area contributed by atoms with E-state index in [0.717, 1.165) is 57.5 Å². The van der Waals surface area contributed by atoms with Crippen molar-refractivity contribution in [1.82, 2.24) is 9.80 Å². The van der Waals surface area contributed by atoms with Crippen molar-refractivity contribution in [3.63, 3.8) is 0 Å². The van der Waals surface area contributed by atoms with Crippen LogP contribution in [0.4, 0.5) is 0 Å². The van der Waals surface area contributed by atoms with Crippen LogP contribution < -0.4 is 4.74 Å². The highest BCUT2D eigenvalue weighted by Crippen LogP contribution is 2.29. The van der Waals surface area contributed by atoms with Gasteiger partial charge in [-0.3, -0.25) is 9.59 Å². The third-order valence-electron chi connectivity index (χ3n) is 5.52. The normalized spacial score (nSPS) is 24.7. The fourth-order valence-corrected chi connectivity index (χ4v) is 4.15. The van der Waals surface area contributed by atoms with Gasteiger partial charge in [0, 0.05) is 32.1 Å². The van der Waals surface area contributed by atoms with E-state index in [4.69, 9.17) is 4.74 Å². The number of carbonyl (C=O) groups is 2. The molecule has 0 saturated carbocycles. The summed E-state index contributed by atoms with van der Waals surface area (Å²) in [6.45, 7) is 2.35. The Kier molecular flexibility index (Phi) is 4.17. The Bertz CT molecular complexity index is 637. The van der Waals surface area contributed by atoms with Gasteiger partial charge in [-0.15, -0.1) is 0 Å². The largest absolute Gasteiger partial charge is 0.480 e. The van der Waals surface area contributed by atoms with Crippen LogP contribution in [-0.4, -0.2) is 53.4 Å². The number of hydrogen-bond donors (Lipinski definition) is 0. The lowest BCUT2D eigenvalue weighted by Crippen LogP contribution is -2.51. The molecule has 3 aliphatic heterocycles. The van der Waals surface area contributed by atoms with E-state index in [9.17, 15) is 9.59 Å². The molecule has 3 heterocycles. The van der Waals surface area contributed by atoms with Crippen LogP contribution in [0.5, 0.6) is 5.75 Å². The van der Waals surface area contributed by atoms with Gasteiger partial charge in [0.1, 0.15) is 5.75 Å². The molecule has 0 aliphatic carbocycles. The number of aryl methyl sites for hydroxylation is 1. The van der Waals surface area contributed by atoms with Gasteiger partial charge in [0.05, 0.1) is 0 Å². The van der Waals surface area contributed by atoms with Crippen LogP contribution in [0.25, 0.3) is 0 Å². The minimum atomic E-state index is -0.357. The monoisotopic (exact) mass is 328 g/mol. The van der Waals surface area contributed by atoms with Gasteiger partial charge >= 0.3 is 0 Å². The van der Waals surface area contributed by atoms with Gasteiger partial charge in [-0.2, -0.15) is 0 Å². The molecule has 1 aromatic carbocycles. The van der Waals surface area contributed by atoms with Crippen LogP contribution in [0, 0.1) is 0 Å². The lowest BCUT2D eigenvalue weighted by molar-refractivity contribution is -0.141. The van der Waals surface area contributed by atoms with E-state index in [-0.39, 0.29) is 17.9 Å². The van der Waals surface area contributed by atoms with E-state index in [0.29, 0.717) is 12.5 Å². The number of carbonyl (C=O) groups excluding carboxylic acids is 2. The third-order valence-corrected chi connectivity index (χ3v) is 5.52. The number of piperidine rings is 1. The summed E-state index contributed by atoms with van der Waals surface area (Å²) in [4.78, 5) is 28.6. The summed E-state index contributed by atoms with van der Waals surface area (Å²) in [5.41, 5.74) is 1.19. The second-order valence-corrected chi connectivity index (χ2v) is 7.00. The fraction of sp³-hybridized carbons (Fsp3) is 0.579. The van der Waals surface area contributed by atoms with Crippen molar-refractivity contribution in [2.45, 2.75) is 50.7 Å². The molecule has 0 bridgehead atoms. The second kappa shape index (κ2) is 6.46. The van der Waals surface area contributed by atoms with Gasteiger partial charge < -0.3 is 14.5 Å². The van der Waals surface area contributed by atoms with Crippen LogP contribution in [0.15, 0.2) is 24.3 Å². The Morgan fingerprint density at radius 2 is 1.83 bits per heavy atom. The summed E-state index contributed by atoms with van der Waals surface area (Å²) >= 11 is 0. The summed E-state index contributed by atoms with van der Waals surface area (Å²) in [5.74, 6) is 1.24. The molecule has 1 unspecified atom stereocenters. The van der Waals surface area contributed by atoms with Crippen LogP contribution in [0.3, 0.4) is 0 Å². The first kappa shape index (κ1) is 15.5. The predicted molar refractivity (Wildman–Crippen MR) is 89.7 cm³/mol. The minimum absolute atomic E-state index is 0.107. The molecule has 0 radical (unpaired) electrons. The van der Waals surface area contributed by atoms with E-state index in [1.165, 1.54) is 5.56 Å². The molecule has 1 aromatic rings. The zero-order chi connectivity index (χ0) is 16.5. The highest BCUT2D eigenvalue weighted by Gasteiger charge is 2.35. The number of amides is 2. The zero-order valence-corrected chi connectivity index (χ0v) is 13.9. The maximum Gasteiger partial charge on any atom is 0.263 e. The number of fused-ring (bicyclic) bond motifs is 1. The van der Waals surface area contributed by atoms with Gasteiger partial charge in [-0.05, 0) is 43.7 Å². The minimum Gasteiger partial charge on any atom is -0.480 e. The smallest absolute Gasteiger partial charge is 0.263 e. The highest BCUT2D eigenvalue weighted by molar-refractivity contribution is 5.82. The number of hydrogen-bond acceptors (Lipinski definition) is 3. The quantitative estimate of drug-likeness (QED) is 0.834. The lowest BCUT2D eigenvalue weighted by Gasteiger charge is -2.38. The number of nitrogens with zero attached hydrogens (tertiary/aromatic N) is 2. The van der Waals surface area contributed by atoms with Crippen molar-refractivity contribution in [2.24, 2.45) is 0 Å². The first-order valence-electron chi connectivity index (χ1n) is 9.05. The predicted octanol–water partition coefficient (Wildman–Crippen LogP) is 1.99. The summed E-state index contributed by atoms with van der Waals surface area (Å²) in [5, 5.41) is 0. The molecule has 2 fully saturated rings. The Hall–Kier alpha value is -2.04. The van der Waals surface area contributed by atoms with Gasteiger partial charge in [0.15, 0.2) is 6.10 Å². The van der Waals surface area contributed by atoms with Gasteiger partial charge in [0.2, 0.25) is 5.91 Å². The Balaban J connectivity index is 1.34. The molecule has 128 valence electrons. The maximum atomic E-state index is 12.8. The average Bonchev–Trinajstić information content (AvgIpc) is 3.07. The van der Waals surface area contributed by atoms with Crippen molar-refractivity contribution in [3.8, 4) is 5.75 Å². The van der Waals surface area contributed by atoms with Gasteiger partial charge in [-0.25, -0.2) is 0 Å². The summed E-state index contributed by atoms with van der Waals surface area (Å²) in [7, 11) is 0. The van der Waals surface area contributed by atoms with E-state index >= 15 is 0 Å².